The Morgan fingerprint density at radius 3 is 3.14 bits per heavy atom. The number of thioether (sulfide) groups is 1. The van der Waals surface area contributed by atoms with Crippen molar-refractivity contribution in [2.24, 2.45) is 0 Å². The van der Waals surface area contributed by atoms with Crippen molar-refractivity contribution in [2.75, 3.05) is 7.11 Å². The van der Waals surface area contributed by atoms with Crippen molar-refractivity contribution in [1.82, 2.24) is 10.3 Å². The van der Waals surface area contributed by atoms with Crippen LogP contribution in [0.25, 0.3) is 0 Å². The third-order valence-corrected chi connectivity index (χ3v) is 4.99. The number of methoxy groups -OCH3 is 1. The molecular formula is C17H18N2O2S. The zero-order valence-electron chi connectivity index (χ0n) is 12.6. The summed E-state index contributed by atoms with van der Waals surface area (Å²) in [5, 5.41) is 2.93. The largest absolute Gasteiger partial charge is 0.481 e. The minimum Gasteiger partial charge on any atom is -0.481 e. The summed E-state index contributed by atoms with van der Waals surface area (Å²) in [5.74, 6) is 0.616. The first-order chi connectivity index (χ1) is 10.7. The van der Waals surface area contributed by atoms with Gasteiger partial charge in [-0.3, -0.25) is 4.79 Å². The molecule has 0 spiro atoms. The first-order valence-corrected chi connectivity index (χ1v) is 8.07. The third kappa shape index (κ3) is 3.09. The molecular weight excluding hydrogens is 296 g/mol. The number of carbonyl (C=O) groups is 1. The van der Waals surface area contributed by atoms with Gasteiger partial charge in [0.05, 0.1) is 12.4 Å². The number of amides is 1. The van der Waals surface area contributed by atoms with E-state index in [1.54, 1.807) is 25.1 Å². The minimum atomic E-state index is -0.0560. The molecule has 1 unspecified atom stereocenters. The van der Waals surface area contributed by atoms with Crippen LogP contribution in [0.4, 0.5) is 0 Å². The SMILES string of the molecule is COc1ncccc1CNC(=O)C1Cc2ccc(C)cc2S1. The highest BCUT2D eigenvalue weighted by Gasteiger charge is 2.28. The van der Waals surface area contributed by atoms with Gasteiger partial charge in [-0.2, -0.15) is 0 Å². The van der Waals surface area contributed by atoms with E-state index in [0.29, 0.717) is 12.4 Å². The van der Waals surface area contributed by atoms with E-state index < -0.39 is 0 Å². The zero-order valence-corrected chi connectivity index (χ0v) is 13.4. The number of rotatable bonds is 4. The molecule has 22 heavy (non-hydrogen) atoms. The first-order valence-electron chi connectivity index (χ1n) is 7.19. The molecule has 1 aliphatic rings. The van der Waals surface area contributed by atoms with E-state index >= 15 is 0 Å². The predicted molar refractivity (Wildman–Crippen MR) is 87.2 cm³/mol. The summed E-state index contributed by atoms with van der Waals surface area (Å²) < 4.78 is 5.20. The standard InChI is InChI=1S/C17H18N2O2S/c1-11-5-6-12-9-15(22-14(12)8-11)16(20)19-10-13-4-3-7-18-17(13)21-2/h3-8,15H,9-10H2,1-2H3,(H,19,20). The fraction of sp³-hybridized carbons (Fsp3) is 0.294. The lowest BCUT2D eigenvalue weighted by molar-refractivity contribution is -0.120. The second-order valence-electron chi connectivity index (χ2n) is 5.31. The first kappa shape index (κ1) is 14.9. The number of nitrogens with one attached hydrogen (secondary N) is 1. The predicted octanol–water partition coefficient (Wildman–Crippen LogP) is 2.73. The van der Waals surface area contributed by atoms with E-state index in [9.17, 15) is 4.79 Å². The van der Waals surface area contributed by atoms with Crippen LogP contribution < -0.4 is 10.1 Å². The molecule has 0 radical (unpaired) electrons. The zero-order chi connectivity index (χ0) is 15.5. The van der Waals surface area contributed by atoms with Crippen LogP contribution >= 0.6 is 11.8 Å². The van der Waals surface area contributed by atoms with Crippen LogP contribution in [0.2, 0.25) is 0 Å². The van der Waals surface area contributed by atoms with Gasteiger partial charge in [0.25, 0.3) is 0 Å². The maximum absolute atomic E-state index is 12.4. The Balaban J connectivity index is 1.62. The highest BCUT2D eigenvalue weighted by molar-refractivity contribution is 8.01. The maximum atomic E-state index is 12.4. The molecule has 0 saturated carbocycles. The number of aromatic nitrogens is 1. The molecule has 4 nitrogen and oxygen atoms in total. The van der Waals surface area contributed by atoms with E-state index in [4.69, 9.17) is 4.74 Å². The average molecular weight is 314 g/mol. The van der Waals surface area contributed by atoms with Gasteiger partial charge < -0.3 is 10.1 Å². The number of aryl methyl sites for hydroxylation is 1. The molecule has 3 rings (SSSR count). The van der Waals surface area contributed by atoms with Crippen LogP contribution in [0.1, 0.15) is 16.7 Å². The van der Waals surface area contributed by atoms with Gasteiger partial charge in [-0.1, -0.05) is 23.8 Å². The highest BCUT2D eigenvalue weighted by atomic mass is 32.2. The molecule has 2 aromatic rings. The number of hydrogen-bond acceptors (Lipinski definition) is 4. The molecule has 1 amide bonds. The maximum Gasteiger partial charge on any atom is 0.234 e. The Morgan fingerprint density at radius 2 is 2.32 bits per heavy atom. The smallest absolute Gasteiger partial charge is 0.234 e. The highest BCUT2D eigenvalue weighted by Crippen LogP contribution is 2.37. The van der Waals surface area contributed by atoms with Gasteiger partial charge in [-0.25, -0.2) is 4.98 Å². The van der Waals surface area contributed by atoms with Crippen LogP contribution in [0.3, 0.4) is 0 Å². The number of fused-ring (bicyclic) bond motifs is 1. The van der Waals surface area contributed by atoms with Crippen LogP contribution in [-0.4, -0.2) is 23.3 Å². The van der Waals surface area contributed by atoms with Gasteiger partial charge in [0.15, 0.2) is 0 Å². The van der Waals surface area contributed by atoms with E-state index in [1.165, 1.54) is 16.0 Å². The van der Waals surface area contributed by atoms with Gasteiger partial charge in [-0.05, 0) is 31.0 Å². The summed E-state index contributed by atoms with van der Waals surface area (Å²) in [4.78, 5) is 17.7. The second kappa shape index (κ2) is 6.40. The Kier molecular flexibility index (Phi) is 4.34. The van der Waals surface area contributed by atoms with Gasteiger partial charge in [-0.15, -0.1) is 11.8 Å². The van der Waals surface area contributed by atoms with Crippen LogP contribution in [0.5, 0.6) is 5.88 Å². The molecule has 114 valence electrons. The summed E-state index contributed by atoms with van der Waals surface area (Å²) in [7, 11) is 1.58. The Bertz CT molecular complexity index is 703. The molecule has 1 aliphatic heterocycles. The normalized spacial score (nSPS) is 16.2. The minimum absolute atomic E-state index is 0.0560. The summed E-state index contributed by atoms with van der Waals surface area (Å²) in [5.41, 5.74) is 3.37. The molecule has 0 saturated heterocycles. The average Bonchev–Trinajstić information content (AvgIpc) is 2.96. The lowest BCUT2D eigenvalue weighted by atomic mass is 10.1. The van der Waals surface area contributed by atoms with Crippen molar-refractivity contribution < 1.29 is 9.53 Å². The van der Waals surface area contributed by atoms with Crippen LogP contribution in [0, 0.1) is 6.92 Å². The summed E-state index contributed by atoms with van der Waals surface area (Å²) in [6, 6.07) is 10.1. The van der Waals surface area contributed by atoms with Crippen molar-refractivity contribution in [2.45, 2.75) is 30.0 Å². The fourth-order valence-electron chi connectivity index (χ4n) is 2.52. The van der Waals surface area contributed by atoms with Crippen molar-refractivity contribution >= 4 is 17.7 Å². The number of nitrogens with zero attached hydrogens (tertiary/aromatic N) is 1. The molecule has 1 N–H and O–H groups in total. The summed E-state index contributed by atoms with van der Waals surface area (Å²) >= 11 is 1.64. The number of pyridine rings is 1. The van der Waals surface area contributed by atoms with Crippen molar-refractivity contribution in [3.8, 4) is 5.88 Å². The van der Waals surface area contributed by atoms with Crippen LogP contribution in [0.15, 0.2) is 41.4 Å². The Hall–Kier alpha value is -2.01. The molecule has 1 aromatic carbocycles. The van der Waals surface area contributed by atoms with Gasteiger partial charge in [0, 0.05) is 23.2 Å². The van der Waals surface area contributed by atoms with Gasteiger partial charge in [0.1, 0.15) is 0 Å². The van der Waals surface area contributed by atoms with Gasteiger partial charge >= 0.3 is 0 Å². The Labute approximate surface area is 134 Å². The molecule has 2 heterocycles. The lowest BCUT2D eigenvalue weighted by Gasteiger charge is -2.11. The number of ether oxygens (including phenoxy) is 1. The van der Waals surface area contributed by atoms with Gasteiger partial charge in [0.2, 0.25) is 11.8 Å². The summed E-state index contributed by atoms with van der Waals surface area (Å²) in [6.45, 7) is 2.51. The number of benzene rings is 1. The summed E-state index contributed by atoms with van der Waals surface area (Å²) in [6.07, 6.45) is 2.46. The van der Waals surface area contributed by atoms with E-state index in [1.807, 2.05) is 12.1 Å². The van der Waals surface area contributed by atoms with Crippen LogP contribution in [-0.2, 0) is 17.8 Å². The molecule has 0 fully saturated rings. The van der Waals surface area contributed by atoms with Crippen molar-refractivity contribution in [3.05, 3.63) is 53.2 Å². The quantitative estimate of drug-likeness (QED) is 0.943. The van der Waals surface area contributed by atoms with E-state index in [2.05, 4.69) is 35.4 Å². The molecule has 1 atom stereocenters. The monoisotopic (exact) mass is 314 g/mol. The second-order valence-corrected chi connectivity index (χ2v) is 6.56. The van der Waals surface area contributed by atoms with E-state index in [-0.39, 0.29) is 11.2 Å². The van der Waals surface area contributed by atoms with Crippen molar-refractivity contribution in [1.29, 1.82) is 0 Å². The molecule has 0 bridgehead atoms. The molecule has 5 heteroatoms. The molecule has 0 aliphatic carbocycles. The third-order valence-electron chi connectivity index (χ3n) is 3.69. The molecule has 1 aromatic heterocycles. The number of hydrogen-bond donors (Lipinski definition) is 1. The van der Waals surface area contributed by atoms with Crippen molar-refractivity contribution in [3.63, 3.8) is 0 Å². The lowest BCUT2D eigenvalue weighted by Crippen LogP contribution is -2.32. The number of carbonyl (C=O) groups excluding carboxylic acids is 1. The van der Waals surface area contributed by atoms with E-state index in [0.717, 1.165) is 12.0 Å². The Morgan fingerprint density at radius 1 is 1.45 bits per heavy atom. The fourth-order valence-corrected chi connectivity index (χ4v) is 3.84. The topological polar surface area (TPSA) is 51.2 Å².